The van der Waals surface area contributed by atoms with Crippen molar-refractivity contribution in [3.8, 4) is 0 Å². The van der Waals surface area contributed by atoms with E-state index in [2.05, 4.69) is 35.1 Å². The van der Waals surface area contributed by atoms with Crippen molar-refractivity contribution in [3.05, 3.63) is 35.4 Å². The largest absolute Gasteiger partial charge is 0.447 e. The van der Waals surface area contributed by atoms with E-state index in [4.69, 9.17) is 33.5 Å². The first kappa shape index (κ1) is 49.5. The number of carbonyl (C=O) groups is 3. The average Bonchev–Trinajstić information content (AvgIpc) is 3.53. The molecule has 0 aliphatic carbocycles. The van der Waals surface area contributed by atoms with E-state index in [9.17, 15) is 14.4 Å². The van der Waals surface area contributed by atoms with Crippen LogP contribution in [0.2, 0.25) is 0 Å². The third kappa shape index (κ3) is 25.6. The number of aryl methyl sites for hydroxylation is 1. The van der Waals surface area contributed by atoms with Gasteiger partial charge in [0.25, 0.3) is 0 Å². The van der Waals surface area contributed by atoms with Crippen LogP contribution in [0, 0.1) is 11.8 Å². The normalized spacial score (nSPS) is 17.0. The van der Waals surface area contributed by atoms with Gasteiger partial charge >= 0.3 is 6.09 Å². The number of thioether (sulfide) groups is 1. The summed E-state index contributed by atoms with van der Waals surface area (Å²) in [5.41, 5.74) is 2.30. The molecule has 1 heterocycles. The van der Waals surface area contributed by atoms with Crippen molar-refractivity contribution in [1.82, 2.24) is 21.3 Å². The highest BCUT2D eigenvalue weighted by atomic mass is 32.2. The summed E-state index contributed by atoms with van der Waals surface area (Å²) in [6.07, 6.45) is 4.88. The molecular formula is C39H70N4O10S. The molecule has 1 aromatic rings. The van der Waals surface area contributed by atoms with Gasteiger partial charge in [0.05, 0.1) is 59.5 Å². The Morgan fingerprint density at radius 3 is 2.02 bits per heavy atom. The highest BCUT2D eigenvalue weighted by molar-refractivity contribution is 8.00. The predicted octanol–water partition coefficient (Wildman–Crippen LogP) is 3.67. The van der Waals surface area contributed by atoms with E-state index in [1.165, 1.54) is 5.56 Å². The van der Waals surface area contributed by atoms with E-state index >= 15 is 0 Å². The Hall–Kier alpha value is -2.50. The number of aliphatic hydroxyl groups is 1. The minimum Gasteiger partial charge on any atom is -0.447 e. The predicted molar refractivity (Wildman–Crippen MR) is 213 cm³/mol. The van der Waals surface area contributed by atoms with Crippen molar-refractivity contribution in [2.45, 2.75) is 84.1 Å². The van der Waals surface area contributed by atoms with Crippen LogP contribution >= 0.6 is 11.8 Å². The highest BCUT2D eigenvalue weighted by Crippen LogP contribution is 2.35. The number of carbonyl (C=O) groups excluding carboxylic acids is 3. The Morgan fingerprint density at radius 1 is 0.815 bits per heavy atom. The summed E-state index contributed by atoms with van der Waals surface area (Å²) in [6, 6.07) is 8.34. The van der Waals surface area contributed by atoms with Crippen LogP contribution in [0.4, 0.5) is 4.79 Å². The Morgan fingerprint density at radius 2 is 1.41 bits per heavy atom. The van der Waals surface area contributed by atoms with Gasteiger partial charge in [-0.15, -0.1) is 0 Å². The molecule has 1 aliphatic rings. The Balaban J connectivity index is 0.000000553. The zero-order valence-corrected chi connectivity index (χ0v) is 34.3. The van der Waals surface area contributed by atoms with Crippen molar-refractivity contribution >= 4 is 29.7 Å². The van der Waals surface area contributed by atoms with Crippen molar-refractivity contribution in [3.63, 3.8) is 0 Å². The standard InChI is InChI=1S/C22H43N3O4S.C17H27NO6/c1-5-17(2)22(27)25-21-18(3)16-30-19(21)8-6-7-9-20(26)24-11-13-29-15-14-28-12-10-23-4;1-2-15-3-5-16(6-4-15)13-18-17(20)24-12-11-22-8-7-21-9-10-23-14-19/h17-19,21,23H,5-16H2,1-4H3,(H,24,26)(H,25,27);3-6,19H,2,7-14H2,1H3,(H,18,20). The third-order valence-corrected chi connectivity index (χ3v) is 10.4. The number of unbranched alkanes of at least 4 members (excludes halogenated alkanes) is 1. The smallest absolute Gasteiger partial charge is 0.407 e. The number of ether oxygens (including phenoxy) is 6. The van der Waals surface area contributed by atoms with Gasteiger partial charge in [-0.3, -0.25) is 9.59 Å². The molecule has 1 saturated heterocycles. The lowest BCUT2D eigenvalue weighted by molar-refractivity contribution is -0.125. The third-order valence-electron chi connectivity index (χ3n) is 8.70. The summed E-state index contributed by atoms with van der Waals surface area (Å²) in [6.45, 7) is 14.3. The number of likely N-dealkylation sites (N-methyl/N-ethyl adjacent to an activating group) is 1. The number of hydrogen-bond donors (Lipinski definition) is 5. The minimum absolute atomic E-state index is 0.0713. The molecule has 3 amide bonds. The number of amides is 3. The molecule has 14 nitrogen and oxygen atoms in total. The first-order valence-electron chi connectivity index (χ1n) is 19.6. The summed E-state index contributed by atoms with van der Waals surface area (Å²) < 4.78 is 30.9. The molecule has 1 fully saturated rings. The molecular weight excluding hydrogens is 717 g/mol. The van der Waals surface area contributed by atoms with Gasteiger partial charge < -0.3 is 54.8 Å². The van der Waals surface area contributed by atoms with E-state index < -0.39 is 6.09 Å². The molecule has 4 atom stereocenters. The first-order valence-corrected chi connectivity index (χ1v) is 20.6. The Kier molecular flexibility index (Phi) is 31.0. The van der Waals surface area contributed by atoms with E-state index in [0.29, 0.717) is 90.1 Å². The molecule has 2 rings (SSSR count). The van der Waals surface area contributed by atoms with Gasteiger partial charge in [-0.25, -0.2) is 4.79 Å². The SMILES string of the molecule is CCC(C)C(=O)NC1C(C)CSC1CCCCC(=O)NCCOCCOCCNC.CCc1ccc(CNC(=O)OCCOCCOCCOCO)cc1. The maximum Gasteiger partial charge on any atom is 0.407 e. The molecule has 15 heteroatoms. The van der Waals surface area contributed by atoms with Crippen LogP contribution in [0.1, 0.15) is 70.9 Å². The minimum atomic E-state index is -0.462. The van der Waals surface area contributed by atoms with Crippen molar-refractivity contribution in [1.29, 1.82) is 0 Å². The summed E-state index contributed by atoms with van der Waals surface area (Å²) >= 11 is 1.96. The van der Waals surface area contributed by atoms with Gasteiger partial charge in [-0.2, -0.15) is 11.8 Å². The number of benzene rings is 1. The van der Waals surface area contributed by atoms with Crippen LogP contribution in [0.3, 0.4) is 0 Å². The van der Waals surface area contributed by atoms with Crippen molar-refractivity contribution in [2.75, 3.05) is 98.8 Å². The summed E-state index contributed by atoms with van der Waals surface area (Å²) in [5.74, 6) is 1.93. The van der Waals surface area contributed by atoms with E-state index in [-0.39, 0.29) is 37.2 Å². The van der Waals surface area contributed by atoms with Gasteiger partial charge in [0.1, 0.15) is 13.4 Å². The van der Waals surface area contributed by atoms with Gasteiger partial charge in [-0.1, -0.05) is 58.4 Å². The Labute approximate surface area is 328 Å². The van der Waals surface area contributed by atoms with Crippen molar-refractivity contribution < 1.29 is 47.9 Å². The number of nitrogens with one attached hydrogen (secondary N) is 4. The maximum atomic E-state index is 12.3. The molecule has 1 aliphatic heterocycles. The molecule has 0 radical (unpaired) electrons. The zero-order valence-electron chi connectivity index (χ0n) is 33.5. The quantitative estimate of drug-likeness (QED) is 0.0567. The van der Waals surface area contributed by atoms with Crippen LogP contribution in [-0.2, 0) is 51.0 Å². The number of rotatable bonds is 30. The van der Waals surface area contributed by atoms with E-state index in [0.717, 1.165) is 50.0 Å². The van der Waals surface area contributed by atoms with Crippen LogP contribution in [0.15, 0.2) is 24.3 Å². The second-order valence-corrected chi connectivity index (χ2v) is 14.3. The molecule has 4 unspecified atom stereocenters. The fourth-order valence-electron chi connectivity index (χ4n) is 5.13. The molecule has 0 aromatic heterocycles. The molecule has 54 heavy (non-hydrogen) atoms. The molecule has 0 saturated carbocycles. The first-order chi connectivity index (χ1) is 26.2. The molecule has 0 spiro atoms. The molecule has 5 N–H and O–H groups in total. The van der Waals surface area contributed by atoms with Crippen LogP contribution in [0.5, 0.6) is 0 Å². The summed E-state index contributed by atoms with van der Waals surface area (Å²) in [4.78, 5) is 35.8. The van der Waals surface area contributed by atoms with Crippen LogP contribution in [0.25, 0.3) is 0 Å². The second-order valence-electron chi connectivity index (χ2n) is 13.0. The zero-order chi connectivity index (χ0) is 39.7. The lowest BCUT2D eigenvalue weighted by Gasteiger charge is -2.25. The van der Waals surface area contributed by atoms with Crippen LogP contribution in [-0.4, -0.2) is 133 Å². The van der Waals surface area contributed by atoms with Crippen molar-refractivity contribution in [2.24, 2.45) is 11.8 Å². The topological polar surface area (TPSA) is 175 Å². The van der Waals surface area contributed by atoms with Gasteiger partial charge in [0, 0.05) is 43.3 Å². The highest BCUT2D eigenvalue weighted by Gasteiger charge is 2.35. The second kappa shape index (κ2) is 33.8. The summed E-state index contributed by atoms with van der Waals surface area (Å²) in [7, 11) is 1.89. The molecule has 0 bridgehead atoms. The molecule has 312 valence electrons. The lowest BCUT2D eigenvalue weighted by Crippen LogP contribution is -2.45. The van der Waals surface area contributed by atoms with E-state index in [1.807, 2.05) is 56.9 Å². The number of aliphatic hydroxyl groups excluding tert-OH is 1. The average molecular weight is 787 g/mol. The van der Waals surface area contributed by atoms with E-state index in [1.54, 1.807) is 0 Å². The number of hydrogen-bond acceptors (Lipinski definition) is 12. The van der Waals surface area contributed by atoms with Gasteiger partial charge in [0.2, 0.25) is 11.8 Å². The van der Waals surface area contributed by atoms with Crippen LogP contribution < -0.4 is 21.3 Å². The van der Waals surface area contributed by atoms with Gasteiger partial charge in [0.15, 0.2) is 0 Å². The Bertz CT molecular complexity index is 1090. The fourth-order valence-corrected chi connectivity index (χ4v) is 6.77. The fraction of sp³-hybridized carbons (Fsp3) is 0.769. The molecule has 1 aromatic carbocycles. The van der Waals surface area contributed by atoms with Gasteiger partial charge in [-0.05, 0) is 55.5 Å². The number of alkyl carbamates (subject to hydrolysis) is 1. The monoisotopic (exact) mass is 786 g/mol. The lowest BCUT2D eigenvalue weighted by atomic mass is 9.96. The maximum absolute atomic E-state index is 12.3. The summed E-state index contributed by atoms with van der Waals surface area (Å²) in [5, 5.41) is 20.7.